The lowest BCUT2D eigenvalue weighted by Crippen LogP contribution is -2.41. The summed E-state index contributed by atoms with van der Waals surface area (Å²) in [4.78, 5) is 13.6. The van der Waals surface area contributed by atoms with Crippen molar-refractivity contribution in [2.45, 2.75) is 33.6 Å². The van der Waals surface area contributed by atoms with E-state index in [2.05, 4.69) is 11.9 Å². The summed E-state index contributed by atoms with van der Waals surface area (Å²) in [6, 6.07) is 0. The van der Waals surface area contributed by atoms with Crippen molar-refractivity contribution in [3.05, 3.63) is 0 Å². The van der Waals surface area contributed by atoms with Crippen LogP contribution in [0.2, 0.25) is 0 Å². The maximum Gasteiger partial charge on any atom is 0.307 e. The number of nitrogens with zero attached hydrogens (tertiary/aromatic N) is 1. The number of rotatable bonds is 2. The molecule has 0 spiro atoms. The van der Waals surface area contributed by atoms with E-state index in [9.17, 15) is 9.90 Å². The molecule has 1 unspecified atom stereocenters. The van der Waals surface area contributed by atoms with Crippen molar-refractivity contribution in [2.24, 2.45) is 17.3 Å². The van der Waals surface area contributed by atoms with Gasteiger partial charge >= 0.3 is 5.97 Å². The first-order valence-electron chi connectivity index (χ1n) is 5.73. The van der Waals surface area contributed by atoms with Gasteiger partial charge in [-0.1, -0.05) is 20.8 Å². The number of carbonyl (C=O) groups is 1. The maximum absolute atomic E-state index is 11.3. The van der Waals surface area contributed by atoms with E-state index in [-0.39, 0.29) is 11.3 Å². The summed E-state index contributed by atoms with van der Waals surface area (Å²) in [5.74, 6) is -0.484. The van der Waals surface area contributed by atoms with Crippen LogP contribution >= 0.6 is 0 Å². The maximum atomic E-state index is 11.3. The van der Waals surface area contributed by atoms with Crippen molar-refractivity contribution in [1.82, 2.24) is 4.90 Å². The summed E-state index contributed by atoms with van der Waals surface area (Å²) in [6.07, 6.45) is 2.04. The first-order valence-corrected chi connectivity index (χ1v) is 5.73. The monoisotopic (exact) mass is 213 g/mol. The molecule has 0 aromatic heterocycles. The number of carboxylic acids is 1. The summed E-state index contributed by atoms with van der Waals surface area (Å²) in [6.45, 7) is 8.16. The van der Waals surface area contributed by atoms with Crippen molar-refractivity contribution in [2.75, 3.05) is 20.1 Å². The molecule has 0 bridgehead atoms. The predicted molar refractivity (Wildman–Crippen MR) is 60.8 cm³/mol. The number of hydrogen-bond donors (Lipinski definition) is 1. The molecule has 3 heteroatoms. The molecule has 0 aliphatic carbocycles. The van der Waals surface area contributed by atoms with Gasteiger partial charge in [-0.2, -0.15) is 0 Å². The minimum atomic E-state index is -0.628. The number of likely N-dealkylation sites (tertiary alicyclic amines) is 1. The Kier molecular flexibility index (Phi) is 3.77. The highest BCUT2D eigenvalue weighted by Crippen LogP contribution is 2.37. The normalized spacial score (nSPS) is 22.7. The standard InChI is InChI=1S/C12H23NO2/c1-12(2,3)10(11(14)15)9-5-7-13(4)8-6-9/h9-10H,5-8H2,1-4H3,(H,14,15). The van der Waals surface area contributed by atoms with Crippen LogP contribution in [0, 0.1) is 17.3 Å². The number of aliphatic carboxylic acids is 1. The van der Waals surface area contributed by atoms with Crippen LogP contribution in [-0.4, -0.2) is 36.1 Å². The van der Waals surface area contributed by atoms with Gasteiger partial charge in [-0.3, -0.25) is 4.79 Å². The summed E-state index contributed by atoms with van der Waals surface area (Å²) in [7, 11) is 2.10. The summed E-state index contributed by atoms with van der Waals surface area (Å²) in [5, 5.41) is 9.31. The van der Waals surface area contributed by atoms with E-state index in [0.29, 0.717) is 5.92 Å². The first-order chi connectivity index (χ1) is 6.82. The van der Waals surface area contributed by atoms with Crippen molar-refractivity contribution in [3.63, 3.8) is 0 Å². The van der Waals surface area contributed by atoms with Gasteiger partial charge in [0.05, 0.1) is 5.92 Å². The Balaban J connectivity index is 2.69. The Morgan fingerprint density at radius 1 is 1.33 bits per heavy atom. The molecule has 15 heavy (non-hydrogen) atoms. The molecule has 88 valence electrons. The van der Waals surface area contributed by atoms with E-state index in [0.717, 1.165) is 25.9 Å². The highest BCUT2D eigenvalue weighted by atomic mass is 16.4. The fraction of sp³-hybridized carbons (Fsp3) is 0.917. The smallest absolute Gasteiger partial charge is 0.307 e. The van der Waals surface area contributed by atoms with E-state index in [4.69, 9.17) is 0 Å². The molecule has 1 heterocycles. The quantitative estimate of drug-likeness (QED) is 0.763. The van der Waals surface area contributed by atoms with E-state index in [1.807, 2.05) is 20.8 Å². The summed E-state index contributed by atoms with van der Waals surface area (Å²) >= 11 is 0. The van der Waals surface area contributed by atoms with Gasteiger partial charge < -0.3 is 10.0 Å². The van der Waals surface area contributed by atoms with Crippen LogP contribution < -0.4 is 0 Å². The molecule has 0 aromatic carbocycles. The average molecular weight is 213 g/mol. The van der Waals surface area contributed by atoms with Crippen LogP contribution in [0.15, 0.2) is 0 Å². The lowest BCUT2D eigenvalue weighted by atomic mass is 9.70. The molecule has 1 rings (SSSR count). The molecular formula is C12H23NO2. The van der Waals surface area contributed by atoms with Crippen LogP contribution in [0.25, 0.3) is 0 Å². The van der Waals surface area contributed by atoms with Gasteiger partial charge in [0.25, 0.3) is 0 Å². The van der Waals surface area contributed by atoms with Crippen molar-refractivity contribution < 1.29 is 9.90 Å². The van der Waals surface area contributed by atoms with Crippen LogP contribution in [0.4, 0.5) is 0 Å². The Morgan fingerprint density at radius 3 is 2.13 bits per heavy atom. The largest absolute Gasteiger partial charge is 0.481 e. The molecular weight excluding hydrogens is 190 g/mol. The Labute approximate surface area is 92.5 Å². The lowest BCUT2D eigenvalue weighted by molar-refractivity contribution is -0.149. The third-order valence-corrected chi connectivity index (χ3v) is 3.43. The Hall–Kier alpha value is -0.570. The molecule has 1 aliphatic heterocycles. The second-order valence-corrected chi connectivity index (χ2v) is 5.82. The minimum absolute atomic E-state index is 0.133. The Morgan fingerprint density at radius 2 is 1.80 bits per heavy atom. The summed E-state index contributed by atoms with van der Waals surface area (Å²) in [5.41, 5.74) is -0.133. The van der Waals surface area contributed by atoms with Crippen LogP contribution in [0.5, 0.6) is 0 Å². The van der Waals surface area contributed by atoms with E-state index < -0.39 is 5.97 Å². The minimum Gasteiger partial charge on any atom is -0.481 e. The fourth-order valence-corrected chi connectivity index (χ4v) is 2.64. The molecule has 1 saturated heterocycles. The molecule has 1 atom stereocenters. The summed E-state index contributed by atoms with van der Waals surface area (Å²) < 4.78 is 0. The second-order valence-electron chi connectivity index (χ2n) is 5.82. The van der Waals surface area contributed by atoms with Gasteiger partial charge in [0.2, 0.25) is 0 Å². The molecule has 0 saturated carbocycles. The van der Waals surface area contributed by atoms with Crippen LogP contribution in [0.1, 0.15) is 33.6 Å². The van der Waals surface area contributed by atoms with Crippen molar-refractivity contribution >= 4 is 5.97 Å². The average Bonchev–Trinajstić information content (AvgIpc) is 2.05. The Bertz CT molecular complexity index is 224. The highest BCUT2D eigenvalue weighted by molar-refractivity contribution is 5.71. The SMILES string of the molecule is CN1CCC(C(C(=O)O)C(C)(C)C)CC1. The van der Waals surface area contributed by atoms with Crippen LogP contribution in [0.3, 0.4) is 0 Å². The lowest BCUT2D eigenvalue weighted by Gasteiger charge is -2.38. The zero-order chi connectivity index (χ0) is 11.6. The van der Waals surface area contributed by atoms with Crippen molar-refractivity contribution in [1.29, 1.82) is 0 Å². The van der Waals surface area contributed by atoms with Gasteiger partial charge in [0.1, 0.15) is 0 Å². The molecule has 0 radical (unpaired) electrons. The first kappa shape index (κ1) is 12.5. The van der Waals surface area contributed by atoms with Crippen LogP contribution in [-0.2, 0) is 4.79 Å². The third kappa shape index (κ3) is 3.20. The van der Waals surface area contributed by atoms with Gasteiger partial charge in [-0.05, 0) is 44.3 Å². The van der Waals surface area contributed by atoms with E-state index >= 15 is 0 Å². The molecule has 0 amide bonds. The van der Waals surface area contributed by atoms with E-state index in [1.54, 1.807) is 0 Å². The molecule has 1 aliphatic rings. The predicted octanol–water partition coefficient (Wildman–Crippen LogP) is 2.08. The molecule has 0 aromatic rings. The van der Waals surface area contributed by atoms with E-state index in [1.165, 1.54) is 0 Å². The van der Waals surface area contributed by atoms with Gasteiger partial charge in [-0.25, -0.2) is 0 Å². The number of carboxylic acid groups (broad SMARTS) is 1. The molecule has 1 N–H and O–H groups in total. The van der Waals surface area contributed by atoms with Gasteiger partial charge in [-0.15, -0.1) is 0 Å². The molecule has 1 fully saturated rings. The van der Waals surface area contributed by atoms with Gasteiger partial charge in [0.15, 0.2) is 0 Å². The zero-order valence-corrected chi connectivity index (χ0v) is 10.3. The number of hydrogen-bond acceptors (Lipinski definition) is 2. The number of piperidine rings is 1. The van der Waals surface area contributed by atoms with Crippen molar-refractivity contribution in [3.8, 4) is 0 Å². The highest BCUT2D eigenvalue weighted by Gasteiger charge is 2.38. The van der Waals surface area contributed by atoms with Gasteiger partial charge in [0, 0.05) is 0 Å². The molecule has 3 nitrogen and oxygen atoms in total. The second kappa shape index (κ2) is 4.52. The fourth-order valence-electron chi connectivity index (χ4n) is 2.64. The third-order valence-electron chi connectivity index (χ3n) is 3.43. The topological polar surface area (TPSA) is 40.5 Å². The zero-order valence-electron chi connectivity index (χ0n) is 10.3.